The van der Waals surface area contributed by atoms with E-state index >= 15 is 0 Å². The lowest BCUT2D eigenvalue weighted by Gasteiger charge is -2.19. The minimum atomic E-state index is 0.164. The Labute approximate surface area is 133 Å². The van der Waals surface area contributed by atoms with Gasteiger partial charge in [0.25, 0.3) is 0 Å². The molecule has 0 spiro atoms. The number of aryl methyl sites for hydroxylation is 1. The fourth-order valence-electron chi connectivity index (χ4n) is 2.34. The average molecular weight is 317 g/mol. The first-order valence-corrected chi connectivity index (χ1v) is 8.14. The zero-order chi connectivity index (χ0) is 15.2. The molecule has 0 aliphatic carbocycles. The molecule has 108 valence electrons. The molecule has 0 amide bonds. The number of halogens is 1. The van der Waals surface area contributed by atoms with Crippen molar-refractivity contribution in [3.63, 3.8) is 0 Å². The van der Waals surface area contributed by atoms with Gasteiger partial charge in [-0.3, -0.25) is 0 Å². The zero-order valence-electron chi connectivity index (χ0n) is 12.6. The van der Waals surface area contributed by atoms with Crippen LogP contribution in [0, 0.1) is 6.92 Å². The third-order valence-corrected chi connectivity index (χ3v) is 4.91. The third kappa shape index (κ3) is 2.68. The standard InChI is InChI=1S/C17H17ClN2S/c1-10-19-14-13(9-21-15(14)16(18)20-10)11-5-7-12(8-6-11)17(2,3)4/h5-9H,1-4H3. The van der Waals surface area contributed by atoms with E-state index in [4.69, 9.17) is 11.6 Å². The van der Waals surface area contributed by atoms with Crippen molar-refractivity contribution in [3.05, 3.63) is 46.2 Å². The summed E-state index contributed by atoms with van der Waals surface area (Å²) in [6.45, 7) is 8.53. The maximum atomic E-state index is 6.21. The SMILES string of the molecule is Cc1nc(Cl)c2scc(-c3ccc(C(C)(C)C)cc3)c2n1. The highest BCUT2D eigenvalue weighted by molar-refractivity contribution is 7.18. The summed E-state index contributed by atoms with van der Waals surface area (Å²) in [5.41, 5.74) is 4.74. The maximum Gasteiger partial charge on any atom is 0.150 e. The summed E-state index contributed by atoms with van der Waals surface area (Å²) in [6, 6.07) is 8.70. The smallest absolute Gasteiger partial charge is 0.150 e. The summed E-state index contributed by atoms with van der Waals surface area (Å²) < 4.78 is 0.956. The molecule has 1 aromatic carbocycles. The lowest BCUT2D eigenvalue weighted by molar-refractivity contribution is 0.590. The first-order chi connectivity index (χ1) is 9.86. The molecule has 2 heterocycles. The molecule has 0 aliphatic rings. The highest BCUT2D eigenvalue weighted by atomic mass is 35.5. The Kier molecular flexibility index (Phi) is 3.50. The van der Waals surface area contributed by atoms with Crippen LogP contribution in [0.1, 0.15) is 32.2 Å². The summed E-state index contributed by atoms with van der Waals surface area (Å²) in [5.74, 6) is 0.707. The van der Waals surface area contributed by atoms with E-state index in [0.717, 1.165) is 15.8 Å². The minimum absolute atomic E-state index is 0.164. The molecule has 0 atom stereocenters. The quantitative estimate of drug-likeness (QED) is 0.545. The molecule has 4 heteroatoms. The topological polar surface area (TPSA) is 25.8 Å². The molecule has 0 bridgehead atoms. The highest BCUT2D eigenvalue weighted by Gasteiger charge is 2.15. The minimum Gasteiger partial charge on any atom is -0.232 e. The van der Waals surface area contributed by atoms with E-state index < -0.39 is 0 Å². The summed E-state index contributed by atoms with van der Waals surface area (Å²) in [4.78, 5) is 8.78. The van der Waals surface area contributed by atoms with Gasteiger partial charge >= 0.3 is 0 Å². The highest BCUT2D eigenvalue weighted by Crippen LogP contribution is 2.36. The number of hydrogen-bond donors (Lipinski definition) is 0. The molecule has 3 aromatic rings. The Balaban J connectivity index is 2.13. The normalized spacial score (nSPS) is 12.0. The molecule has 0 saturated heterocycles. The van der Waals surface area contributed by atoms with Gasteiger partial charge in [-0.2, -0.15) is 0 Å². The van der Waals surface area contributed by atoms with Crippen LogP contribution in [-0.4, -0.2) is 9.97 Å². The van der Waals surface area contributed by atoms with Crippen LogP contribution in [0.5, 0.6) is 0 Å². The molecular weight excluding hydrogens is 300 g/mol. The number of fused-ring (bicyclic) bond motifs is 1. The number of aromatic nitrogens is 2. The van der Waals surface area contributed by atoms with Gasteiger partial charge in [-0.15, -0.1) is 11.3 Å². The fourth-order valence-corrected chi connectivity index (χ4v) is 3.58. The summed E-state index contributed by atoms with van der Waals surface area (Å²) in [7, 11) is 0. The molecule has 2 nitrogen and oxygen atoms in total. The first-order valence-electron chi connectivity index (χ1n) is 6.88. The molecular formula is C17H17ClN2S. The number of benzene rings is 1. The Morgan fingerprint density at radius 1 is 1.05 bits per heavy atom. The number of rotatable bonds is 1. The Morgan fingerprint density at radius 2 is 1.71 bits per heavy atom. The van der Waals surface area contributed by atoms with E-state index in [1.165, 1.54) is 11.1 Å². The molecule has 0 saturated carbocycles. The van der Waals surface area contributed by atoms with Crippen molar-refractivity contribution in [1.82, 2.24) is 9.97 Å². The van der Waals surface area contributed by atoms with Gasteiger partial charge < -0.3 is 0 Å². The van der Waals surface area contributed by atoms with Gasteiger partial charge in [0.15, 0.2) is 5.15 Å². The average Bonchev–Trinajstić information content (AvgIpc) is 2.82. The van der Waals surface area contributed by atoms with Crippen molar-refractivity contribution in [2.24, 2.45) is 0 Å². The van der Waals surface area contributed by atoms with Gasteiger partial charge in [0.05, 0.1) is 10.2 Å². The molecule has 3 rings (SSSR count). The largest absolute Gasteiger partial charge is 0.232 e. The third-order valence-electron chi connectivity index (χ3n) is 3.55. The fraction of sp³-hybridized carbons (Fsp3) is 0.294. The van der Waals surface area contributed by atoms with E-state index in [9.17, 15) is 0 Å². The van der Waals surface area contributed by atoms with Crippen molar-refractivity contribution >= 4 is 33.2 Å². The van der Waals surface area contributed by atoms with Gasteiger partial charge in [-0.1, -0.05) is 56.6 Å². The molecule has 0 N–H and O–H groups in total. The van der Waals surface area contributed by atoms with Crippen molar-refractivity contribution < 1.29 is 0 Å². The molecule has 0 fully saturated rings. The van der Waals surface area contributed by atoms with Crippen LogP contribution in [0.4, 0.5) is 0 Å². The van der Waals surface area contributed by atoms with Gasteiger partial charge in [-0.25, -0.2) is 9.97 Å². The predicted molar refractivity (Wildman–Crippen MR) is 91.3 cm³/mol. The Morgan fingerprint density at radius 3 is 2.33 bits per heavy atom. The van der Waals surface area contributed by atoms with Gasteiger partial charge in [0.1, 0.15) is 5.82 Å². The van der Waals surface area contributed by atoms with E-state index in [-0.39, 0.29) is 5.41 Å². The Bertz CT molecular complexity index is 798. The van der Waals surface area contributed by atoms with Gasteiger partial charge in [-0.05, 0) is 23.5 Å². The monoisotopic (exact) mass is 316 g/mol. The van der Waals surface area contributed by atoms with Crippen LogP contribution in [0.15, 0.2) is 29.6 Å². The molecule has 2 aromatic heterocycles. The van der Waals surface area contributed by atoms with Crippen molar-refractivity contribution in [2.75, 3.05) is 0 Å². The van der Waals surface area contributed by atoms with E-state index in [0.29, 0.717) is 11.0 Å². The van der Waals surface area contributed by atoms with Crippen LogP contribution >= 0.6 is 22.9 Å². The van der Waals surface area contributed by atoms with E-state index in [1.807, 2.05) is 6.92 Å². The van der Waals surface area contributed by atoms with E-state index in [1.54, 1.807) is 11.3 Å². The number of thiophene rings is 1. The summed E-state index contributed by atoms with van der Waals surface area (Å²) in [6.07, 6.45) is 0. The second-order valence-electron chi connectivity index (χ2n) is 6.22. The van der Waals surface area contributed by atoms with Crippen LogP contribution in [0.3, 0.4) is 0 Å². The summed E-state index contributed by atoms with van der Waals surface area (Å²) in [5, 5.41) is 2.65. The van der Waals surface area contributed by atoms with Crippen molar-refractivity contribution in [1.29, 1.82) is 0 Å². The molecule has 0 aliphatic heterocycles. The van der Waals surface area contributed by atoms with E-state index in [2.05, 4.69) is 60.4 Å². The van der Waals surface area contributed by atoms with Gasteiger partial charge in [0, 0.05) is 10.9 Å². The zero-order valence-corrected chi connectivity index (χ0v) is 14.1. The molecule has 0 unspecified atom stereocenters. The van der Waals surface area contributed by atoms with Crippen LogP contribution in [-0.2, 0) is 5.41 Å². The van der Waals surface area contributed by atoms with Crippen LogP contribution in [0.25, 0.3) is 21.3 Å². The predicted octanol–water partition coefficient (Wildman–Crippen LogP) is 5.62. The van der Waals surface area contributed by atoms with Gasteiger partial charge in [0.2, 0.25) is 0 Å². The number of nitrogens with zero attached hydrogens (tertiary/aromatic N) is 2. The van der Waals surface area contributed by atoms with Crippen LogP contribution < -0.4 is 0 Å². The maximum absolute atomic E-state index is 6.21. The molecule has 0 radical (unpaired) electrons. The second kappa shape index (κ2) is 5.08. The first kappa shape index (κ1) is 14.5. The van der Waals surface area contributed by atoms with Crippen molar-refractivity contribution in [3.8, 4) is 11.1 Å². The lowest BCUT2D eigenvalue weighted by Crippen LogP contribution is -2.10. The Hall–Kier alpha value is -1.45. The molecule has 21 heavy (non-hydrogen) atoms. The van der Waals surface area contributed by atoms with Crippen molar-refractivity contribution in [2.45, 2.75) is 33.1 Å². The second-order valence-corrected chi connectivity index (χ2v) is 7.45. The number of hydrogen-bond acceptors (Lipinski definition) is 3. The lowest BCUT2D eigenvalue weighted by atomic mass is 9.86. The van der Waals surface area contributed by atoms with Crippen LogP contribution in [0.2, 0.25) is 5.15 Å². The summed E-state index contributed by atoms with van der Waals surface area (Å²) >= 11 is 7.80.